The van der Waals surface area contributed by atoms with Crippen molar-refractivity contribution in [2.45, 2.75) is 40.5 Å². The Morgan fingerprint density at radius 3 is 1.49 bits per heavy atom. The highest BCUT2D eigenvalue weighted by Gasteiger charge is 2.18. The van der Waals surface area contributed by atoms with Crippen LogP contribution in [0.2, 0.25) is 0 Å². The molecule has 4 nitrogen and oxygen atoms in total. The van der Waals surface area contributed by atoms with E-state index in [0.29, 0.717) is 11.8 Å². The van der Waals surface area contributed by atoms with Gasteiger partial charge < -0.3 is 0 Å². The minimum atomic E-state index is 0.623. The van der Waals surface area contributed by atoms with E-state index in [-0.39, 0.29) is 0 Å². The lowest BCUT2D eigenvalue weighted by atomic mass is 10.0. The second-order valence-electron chi connectivity index (χ2n) is 10.6. The highest BCUT2D eigenvalue weighted by atomic mass is 15.3. The lowest BCUT2D eigenvalue weighted by Gasteiger charge is -2.13. The fraction of sp³-hybridized carbons (Fsp3) is 0.242. The topological polar surface area (TPSA) is 43.6 Å². The summed E-state index contributed by atoms with van der Waals surface area (Å²) < 4.78 is 2.17. The van der Waals surface area contributed by atoms with Gasteiger partial charge in [-0.2, -0.15) is 0 Å². The minimum Gasteiger partial charge on any atom is -0.275 e. The molecule has 5 aromatic rings. The standard InChI is InChI=1S/C33H34N4/c1-23(2)20-25-7-11-28(12-8-25)32-35-36-33(29-13-9-26(10-14-29)21-24(3)4)37(32)31-17-15-27(16-18-31)30-6-5-19-34-22-30/h5-19,22-24H,20-21H2,1-4H3. The average molecular weight is 487 g/mol. The van der Waals surface area contributed by atoms with Crippen molar-refractivity contribution in [3.05, 3.63) is 108 Å². The molecule has 0 N–H and O–H groups in total. The normalized spacial score (nSPS) is 11.4. The Kier molecular flexibility index (Phi) is 7.27. The van der Waals surface area contributed by atoms with Crippen molar-refractivity contribution in [1.29, 1.82) is 0 Å². The molecule has 5 rings (SSSR count). The highest BCUT2D eigenvalue weighted by Crippen LogP contribution is 2.30. The highest BCUT2D eigenvalue weighted by molar-refractivity contribution is 5.69. The molecule has 3 aromatic carbocycles. The van der Waals surface area contributed by atoms with Crippen LogP contribution in [-0.2, 0) is 12.8 Å². The molecule has 0 aliphatic rings. The van der Waals surface area contributed by atoms with E-state index in [1.807, 2.05) is 12.3 Å². The number of rotatable bonds is 8. The van der Waals surface area contributed by atoms with Crippen molar-refractivity contribution in [3.8, 4) is 39.6 Å². The molecule has 2 aromatic heterocycles. The van der Waals surface area contributed by atoms with Crippen LogP contribution >= 0.6 is 0 Å². The van der Waals surface area contributed by atoms with Crippen LogP contribution in [0.25, 0.3) is 39.6 Å². The van der Waals surface area contributed by atoms with Crippen LogP contribution in [0.3, 0.4) is 0 Å². The SMILES string of the molecule is CC(C)Cc1ccc(-c2nnc(-c3ccc(CC(C)C)cc3)n2-c2ccc(-c3cccnc3)cc2)cc1. The molecule has 0 saturated carbocycles. The zero-order chi connectivity index (χ0) is 25.8. The van der Waals surface area contributed by atoms with Gasteiger partial charge in [0.2, 0.25) is 0 Å². The number of aromatic nitrogens is 4. The van der Waals surface area contributed by atoms with Crippen molar-refractivity contribution in [1.82, 2.24) is 19.7 Å². The molecule has 0 radical (unpaired) electrons. The van der Waals surface area contributed by atoms with Crippen molar-refractivity contribution in [3.63, 3.8) is 0 Å². The summed E-state index contributed by atoms with van der Waals surface area (Å²) >= 11 is 0. The van der Waals surface area contributed by atoms with Gasteiger partial charge in [-0.05, 0) is 65.1 Å². The van der Waals surface area contributed by atoms with Gasteiger partial charge in [0.1, 0.15) is 0 Å². The van der Waals surface area contributed by atoms with Gasteiger partial charge in [-0.15, -0.1) is 10.2 Å². The van der Waals surface area contributed by atoms with E-state index >= 15 is 0 Å². The van der Waals surface area contributed by atoms with E-state index in [1.165, 1.54) is 11.1 Å². The molecule has 186 valence electrons. The first-order valence-corrected chi connectivity index (χ1v) is 13.1. The molecule has 0 bridgehead atoms. The Bertz CT molecular complexity index is 1360. The molecule has 0 aliphatic carbocycles. The zero-order valence-electron chi connectivity index (χ0n) is 22.1. The molecule has 37 heavy (non-hydrogen) atoms. The number of hydrogen-bond acceptors (Lipinski definition) is 3. The van der Waals surface area contributed by atoms with Gasteiger partial charge in [-0.3, -0.25) is 9.55 Å². The lowest BCUT2D eigenvalue weighted by Crippen LogP contribution is -2.01. The van der Waals surface area contributed by atoms with Gasteiger partial charge in [0.05, 0.1) is 0 Å². The number of hydrogen-bond donors (Lipinski definition) is 0. The monoisotopic (exact) mass is 486 g/mol. The van der Waals surface area contributed by atoms with Crippen LogP contribution in [0.1, 0.15) is 38.8 Å². The Hall–Kier alpha value is -4.05. The Labute approximate surface area is 220 Å². The van der Waals surface area contributed by atoms with E-state index in [2.05, 4.69) is 126 Å². The maximum atomic E-state index is 4.68. The van der Waals surface area contributed by atoms with Crippen molar-refractivity contribution in [2.75, 3.05) is 0 Å². The first kappa shape index (κ1) is 24.6. The minimum absolute atomic E-state index is 0.623. The summed E-state index contributed by atoms with van der Waals surface area (Å²) in [5.41, 5.74) is 8.04. The smallest absolute Gasteiger partial charge is 0.168 e. The first-order chi connectivity index (χ1) is 18.0. The van der Waals surface area contributed by atoms with Crippen LogP contribution in [0.5, 0.6) is 0 Å². The van der Waals surface area contributed by atoms with Gasteiger partial charge >= 0.3 is 0 Å². The fourth-order valence-electron chi connectivity index (χ4n) is 4.76. The van der Waals surface area contributed by atoms with E-state index in [1.54, 1.807) is 6.20 Å². The van der Waals surface area contributed by atoms with Gasteiger partial charge in [0.25, 0.3) is 0 Å². The summed E-state index contributed by atoms with van der Waals surface area (Å²) in [5, 5.41) is 9.37. The summed E-state index contributed by atoms with van der Waals surface area (Å²) in [6.07, 6.45) is 5.82. The fourth-order valence-corrected chi connectivity index (χ4v) is 4.76. The van der Waals surface area contributed by atoms with Crippen LogP contribution in [-0.4, -0.2) is 19.7 Å². The first-order valence-electron chi connectivity index (χ1n) is 13.1. The van der Waals surface area contributed by atoms with Crippen LogP contribution in [0.4, 0.5) is 0 Å². The summed E-state index contributed by atoms with van der Waals surface area (Å²) in [6.45, 7) is 8.99. The van der Waals surface area contributed by atoms with E-state index in [4.69, 9.17) is 0 Å². The third kappa shape index (κ3) is 5.69. The van der Waals surface area contributed by atoms with Gasteiger partial charge in [-0.25, -0.2) is 0 Å². The quantitative estimate of drug-likeness (QED) is 0.223. The average Bonchev–Trinajstić information content (AvgIpc) is 3.35. The van der Waals surface area contributed by atoms with Crippen molar-refractivity contribution >= 4 is 0 Å². The van der Waals surface area contributed by atoms with E-state index in [9.17, 15) is 0 Å². The number of pyridine rings is 1. The van der Waals surface area contributed by atoms with Crippen molar-refractivity contribution < 1.29 is 0 Å². The third-order valence-electron chi connectivity index (χ3n) is 6.50. The van der Waals surface area contributed by atoms with Crippen LogP contribution in [0.15, 0.2) is 97.3 Å². The molecule has 0 unspecified atom stereocenters. The molecular formula is C33H34N4. The third-order valence-corrected chi connectivity index (χ3v) is 6.50. The van der Waals surface area contributed by atoms with E-state index < -0.39 is 0 Å². The largest absolute Gasteiger partial charge is 0.275 e. The summed E-state index contributed by atoms with van der Waals surface area (Å²) in [7, 11) is 0. The Morgan fingerprint density at radius 2 is 1.05 bits per heavy atom. The summed E-state index contributed by atoms with van der Waals surface area (Å²) in [4.78, 5) is 4.27. The second-order valence-corrected chi connectivity index (χ2v) is 10.6. The lowest BCUT2D eigenvalue weighted by molar-refractivity contribution is 0.647. The molecule has 0 aliphatic heterocycles. The van der Waals surface area contributed by atoms with Gasteiger partial charge in [-0.1, -0.05) is 94.4 Å². The zero-order valence-corrected chi connectivity index (χ0v) is 22.1. The molecule has 0 fully saturated rings. The summed E-state index contributed by atoms with van der Waals surface area (Å²) in [6, 6.07) is 30.1. The van der Waals surface area contributed by atoms with Gasteiger partial charge in [0.15, 0.2) is 11.6 Å². The molecule has 0 atom stereocenters. The van der Waals surface area contributed by atoms with Crippen molar-refractivity contribution in [2.24, 2.45) is 11.8 Å². The van der Waals surface area contributed by atoms with Crippen LogP contribution in [0, 0.1) is 11.8 Å². The molecular weight excluding hydrogens is 452 g/mol. The van der Waals surface area contributed by atoms with Gasteiger partial charge in [0, 0.05) is 29.2 Å². The van der Waals surface area contributed by atoms with E-state index in [0.717, 1.165) is 52.4 Å². The maximum Gasteiger partial charge on any atom is 0.168 e. The Morgan fingerprint density at radius 1 is 0.568 bits per heavy atom. The predicted molar refractivity (Wildman–Crippen MR) is 153 cm³/mol. The molecule has 0 amide bonds. The summed E-state index contributed by atoms with van der Waals surface area (Å²) in [5.74, 6) is 2.93. The predicted octanol–water partition coefficient (Wildman–Crippen LogP) is 8.06. The maximum absolute atomic E-state index is 4.68. The molecule has 4 heteroatoms. The second kappa shape index (κ2) is 10.9. The number of nitrogens with zero attached hydrogens (tertiary/aromatic N) is 4. The molecule has 2 heterocycles. The molecule has 0 spiro atoms. The van der Waals surface area contributed by atoms with Crippen LogP contribution < -0.4 is 0 Å². The molecule has 0 saturated heterocycles. The Balaban J connectivity index is 1.57. The number of benzene rings is 3.